The Bertz CT molecular complexity index is 625. The average Bonchev–Trinajstić information content (AvgIpc) is 2.93. The molecule has 2 aliphatic rings. The van der Waals surface area contributed by atoms with E-state index in [9.17, 15) is 15.0 Å². The van der Waals surface area contributed by atoms with Gasteiger partial charge in [0.1, 0.15) is 6.61 Å². The summed E-state index contributed by atoms with van der Waals surface area (Å²) in [6.07, 6.45) is 25.7. The molecule has 0 amide bonds. The number of esters is 1. The Morgan fingerprint density at radius 1 is 1.00 bits per heavy atom. The molecule has 0 bridgehead atoms. The van der Waals surface area contributed by atoms with Crippen molar-refractivity contribution in [2.45, 2.75) is 142 Å². The van der Waals surface area contributed by atoms with Crippen LogP contribution in [0, 0.1) is 11.3 Å². The summed E-state index contributed by atoms with van der Waals surface area (Å²) in [4.78, 5) is 12.1. The number of carbonyl (C=O) groups is 1. The molecule has 2 N–H and O–H groups in total. The molecule has 1 fully saturated rings. The third-order valence-electron chi connectivity index (χ3n) is 8.07. The summed E-state index contributed by atoms with van der Waals surface area (Å²) in [6, 6.07) is 0. The van der Waals surface area contributed by atoms with Crippen LogP contribution in [0.4, 0.5) is 0 Å². The lowest BCUT2D eigenvalue weighted by Gasteiger charge is -2.29. The second-order valence-corrected chi connectivity index (χ2v) is 11.1. The van der Waals surface area contributed by atoms with Gasteiger partial charge in [-0.25, -0.2) is 0 Å². The summed E-state index contributed by atoms with van der Waals surface area (Å²) in [5.74, 6) is 0.0346. The van der Waals surface area contributed by atoms with E-state index in [4.69, 9.17) is 4.74 Å². The Kier molecular flexibility index (Phi) is 14.1. The summed E-state index contributed by atoms with van der Waals surface area (Å²) in [5, 5.41) is 20.3. The van der Waals surface area contributed by atoms with Gasteiger partial charge in [-0.3, -0.25) is 4.79 Å². The van der Waals surface area contributed by atoms with Gasteiger partial charge in [0.05, 0.1) is 12.2 Å². The molecule has 2 rings (SSSR count). The molecule has 2 aliphatic carbocycles. The normalized spacial score (nSPS) is 26.9. The number of aliphatic hydroxyl groups is 2. The minimum atomic E-state index is -0.624. The number of aliphatic hydroxyl groups excluding tert-OH is 2. The Morgan fingerprint density at radius 3 is 2.29 bits per heavy atom. The van der Waals surface area contributed by atoms with Crippen LogP contribution < -0.4 is 0 Å². The number of rotatable bonds is 17. The van der Waals surface area contributed by atoms with Crippen molar-refractivity contribution >= 4 is 5.97 Å². The predicted octanol–water partition coefficient (Wildman–Crippen LogP) is 7.43. The summed E-state index contributed by atoms with van der Waals surface area (Å²) >= 11 is 0. The largest absolute Gasteiger partial charge is 0.461 e. The van der Waals surface area contributed by atoms with Gasteiger partial charge < -0.3 is 14.9 Å². The van der Waals surface area contributed by atoms with Gasteiger partial charge in [-0.05, 0) is 74.7 Å². The molecule has 0 aromatic heterocycles. The second kappa shape index (κ2) is 16.5. The molecule has 0 saturated heterocycles. The fourth-order valence-electron chi connectivity index (χ4n) is 5.72. The zero-order chi connectivity index (χ0) is 24.7. The fraction of sp³-hybridized carbons (Fsp3) is 0.833. The lowest BCUT2D eigenvalue weighted by Crippen LogP contribution is -2.29. The zero-order valence-corrected chi connectivity index (χ0v) is 22.1. The molecular weight excluding hydrogens is 424 g/mol. The molecule has 4 nitrogen and oxygen atoms in total. The van der Waals surface area contributed by atoms with E-state index in [-0.39, 0.29) is 17.3 Å². The molecule has 34 heavy (non-hydrogen) atoms. The Morgan fingerprint density at radius 2 is 1.62 bits per heavy atom. The van der Waals surface area contributed by atoms with Gasteiger partial charge >= 0.3 is 5.97 Å². The third-order valence-corrected chi connectivity index (χ3v) is 8.07. The number of hydrogen-bond acceptors (Lipinski definition) is 4. The lowest BCUT2D eigenvalue weighted by molar-refractivity contribution is -0.142. The third kappa shape index (κ3) is 10.6. The van der Waals surface area contributed by atoms with Gasteiger partial charge in [0.2, 0.25) is 0 Å². The van der Waals surface area contributed by atoms with Gasteiger partial charge in [0, 0.05) is 6.42 Å². The van der Waals surface area contributed by atoms with E-state index in [1.807, 2.05) is 0 Å². The summed E-state index contributed by atoms with van der Waals surface area (Å²) in [6.45, 7) is 4.81. The van der Waals surface area contributed by atoms with Gasteiger partial charge in [0.25, 0.3) is 0 Å². The first kappa shape index (κ1) is 29.1. The van der Waals surface area contributed by atoms with Crippen LogP contribution in [0.5, 0.6) is 0 Å². The smallest absolute Gasteiger partial charge is 0.306 e. The standard InChI is InChI=1S/C30H52O4/c1-3-4-5-6-7-8-9-10-11-12-13-14-15-16-17-18-28(32)34-24-25-19-20-26-29(33)27(31)23-30(26,2)22-21-25/h10-11,21,26-27,29,31,33H,3-9,12-20,22-24H2,1-2H3/b11-10-/t26?,27-,29+,30?/m0/s1. The van der Waals surface area contributed by atoms with E-state index < -0.39 is 12.2 Å². The molecule has 1 saturated carbocycles. The highest BCUT2D eigenvalue weighted by atomic mass is 16.5. The molecule has 4 atom stereocenters. The first-order valence-electron chi connectivity index (χ1n) is 14.3. The van der Waals surface area contributed by atoms with Crippen molar-refractivity contribution in [3.05, 3.63) is 23.8 Å². The highest BCUT2D eigenvalue weighted by Gasteiger charge is 2.49. The molecule has 0 aliphatic heterocycles. The van der Waals surface area contributed by atoms with E-state index in [1.165, 1.54) is 70.6 Å². The molecule has 0 aromatic carbocycles. The SMILES string of the molecule is CCCCCCCC/C=C\CCCCCCCC(=O)OCC1=CCC2(C)C[C@H](O)[C@H](O)C2CC1. The minimum absolute atomic E-state index is 0.0474. The van der Waals surface area contributed by atoms with Crippen molar-refractivity contribution in [3.8, 4) is 0 Å². The van der Waals surface area contributed by atoms with E-state index in [0.29, 0.717) is 19.4 Å². The molecule has 0 heterocycles. The van der Waals surface area contributed by atoms with Gasteiger partial charge in [0.15, 0.2) is 0 Å². The average molecular weight is 477 g/mol. The Hall–Kier alpha value is -1.13. The van der Waals surface area contributed by atoms with Crippen LogP contribution >= 0.6 is 0 Å². The Balaban J connectivity index is 1.43. The maximum absolute atomic E-state index is 12.1. The highest BCUT2D eigenvalue weighted by molar-refractivity contribution is 5.69. The van der Waals surface area contributed by atoms with Crippen LogP contribution in [0.25, 0.3) is 0 Å². The van der Waals surface area contributed by atoms with Crippen LogP contribution in [0.3, 0.4) is 0 Å². The predicted molar refractivity (Wildman–Crippen MR) is 141 cm³/mol. The monoisotopic (exact) mass is 476 g/mol. The van der Waals surface area contributed by atoms with Crippen molar-refractivity contribution in [1.29, 1.82) is 0 Å². The molecule has 2 unspecified atom stereocenters. The Labute approximate surface area is 209 Å². The van der Waals surface area contributed by atoms with Crippen LogP contribution in [-0.2, 0) is 9.53 Å². The first-order chi connectivity index (χ1) is 16.5. The molecule has 0 aromatic rings. The van der Waals surface area contributed by atoms with Crippen LogP contribution in [0.1, 0.15) is 129 Å². The number of carbonyl (C=O) groups excluding carboxylic acids is 1. The summed E-state index contributed by atoms with van der Waals surface area (Å²) < 4.78 is 5.53. The second-order valence-electron chi connectivity index (χ2n) is 11.1. The maximum atomic E-state index is 12.1. The van der Waals surface area contributed by atoms with Crippen molar-refractivity contribution < 1.29 is 19.7 Å². The van der Waals surface area contributed by atoms with Gasteiger partial charge in [-0.2, -0.15) is 0 Å². The molecule has 0 radical (unpaired) electrons. The number of hydrogen-bond donors (Lipinski definition) is 2. The topological polar surface area (TPSA) is 66.8 Å². The van der Waals surface area contributed by atoms with Crippen molar-refractivity contribution in [3.63, 3.8) is 0 Å². The first-order valence-corrected chi connectivity index (χ1v) is 14.3. The van der Waals surface area contributed by atoms with E-state index in [2.05, 4.69) is 32.1 Å². The maximum Gasteiger partial charge on any atom is 0.306 e. The van der Waals surface area contributed by atoms with Crippen molar-refractivity contribution in [1.82, 2.24) is 0 Å². The summed E-state index contributed by atoms with van der Waals surface area (Å²) in [7, 11) is 0. The summed E-state index contributed by atoms with van der Waals surface area (Å²) in [5.41, 5.74) is 1.11. The van der Waals surface area contributed by atoms with Crippen LogP contribution in [0.2, 0.25) is 0 Å². The van der Waals surface area contributed by atoms with Crippen molar-refractivity contribution in [2.75, 3.05) is 6.61 Å². The number of unbranched alkanes of at least 4 members (excludes halogenated alkanes) is 11. The minimum Gasteiger partial charge on any atom is -0.461 e. The molecular formula is C30H52O4. The van der Waals surface area contributed by atoms with Gasteiger partial charge in [-0.1, -0.05) is 83.4 Å². The van der Waals surface area contributed by atoms with Gasteiger partial charge in [-0.15, -0.1) is 0 Å². The zero-order valence-electron chi connectivity index (χ0n) is 22.1. The van der Waals surface area contributed by atoms with Crippen molar-refractivity contribution in [2.24, 2.45) is 11.3 Å². The van der Waals surface area contributed by atoms with E-state index in [1.54, 1.807) is 0 Å². The lowest BCUT2D eigenvalue weighted by atomic mass is 9.76. The van der Waals surface area contributed by atoms with E-state index in [0.717, 1.165) is 37.7 Å². The molecule has 4 heteroatoms. The number of fused-ring (bicyclic) bond motifs is 1. The number of allylic oxidation sites excluding steroid dienone is 3. The molecule has 196 valence electrons. The van der Waals surface area contributed by atoms with Crippen LogP contribution in [-0.4, -0.2) is 35.0 Å². The number of ether oxygens (including phenoxy) is 1. The van der Waals surface area contributed by atoms with E-state index >= 15 is 0 Å². The quantitative estimate of drug-likeness (QED) is 0.130. The fourth-order valence-corrected chi connectivity index (χ4v) is 5.72. The highest BCUT2D eigenvalue weighted by Crippen LogP contribution is 2.50. The molecule has 0 spiro atoms. The van der Waals surface area contributed by atoms with Crippen LogP contribution in [0.15, 0.2) is 23.8 Å².